The highest BCUT2D eigenvalue weighted by atomic mass is 19.4. The molecule has 0 unspecified atom stereocenters. The van der Waals surface area contributed by atoms with Crippen LogP contribution in [0.4, 0.5) is 62.8 Å². The zero-order chi connectivity index (χ0) is 22.6. The summed E-state index contributed by atoms with van der Waals surface area (Å²) in [4.78, 5) is 0. The Morgan fingerprint density at radius 1 is 0.679 bits per heavy atom. The summed E-state index contributed by atoms with van der Waals surface area (Å²) in [6.07, 6.45) is -7.46. The number of hydrogen-bond acceptors (Lipinski definition) is 2. The second-order valence-corrected chi connectivity index (χ2v) is 5.32. The second-order valence-electron chi connectivity index (χ2n) is 5.32. The lowest BCUT2D eigenvalue weighted by atomic mass is 9.90. The Labute approximate surface area is 147 Å². The molecule has 2 nitrogen and oxygen atoms in total. The van der Waals surface area contributed by atoms with Crippen LogP contribution in [0.2, 0.25) is 0 Å². The summed E-state index contributed by atoms with van der Waals surface area (Å²) in [5.41, 5.74) is 1.26. The molecule has 162 valence electrons. The van der Waals surface area contributed by atoms with Crippen molar-refractivity contribution in [1.29, 1.82) is 0 Å². The summed E-state index contributed by atoms with van der Waals surface area (Å²) in [6, 6.07) is 1.07. The molecule has 0 fully saturated rings. The molecule has 0 aliphatic carbocycles. The summed E-state index contributed by atoms with van der Waals surface area (Å²) in [7, 11) is 0.790. The van der Waals surface area contributed by atoms with Gasteiger partial charge in [-0.2, -0.15) is 57.1 Å². The number of rotatable bonds is 6. The fourth-order valence-electron chi connectivity index (χ4n) is 1.87. The Balaban J connectivity index is 3.67. The lowest BCUT2D eigenvalue weighted by molar-refractivity contribution is -0.441. The Morgan fingerprint density at radius 3 is 1.50 bits per heavy atom. The quantitative estimate of drug-likeness (QED) is 0.470. The van der Waals surface area contributed by atoms with Crippen molar-refractivity contribution in [3.8, 4) is 5.75 Å². The summed E-state index contributed by atoms with van der Waals surface area (Å²) >= 11 is 0. The van der Waals surface area contributed by atoms with Crippen molar-refractivity contribution in [2.24, 2.45) is 0 Å². The van der Waals surface area contributed by atoms with E-state index in [1.165, 1.54) is 0 Å². The van der Waals surface area contributed by atoms with E-state index >= 15 is 0 Å². The summed E-state index contributed by atoms with van der Waals surface area (Å²) in [5.74, 6) is -38.2. The van der Waals surface area contributed by atoms with Gasteiger partial charge >= 0.3 is 35.8 Å². The van der Waals surface area contributed by atoms with Gasteiger partial charge in [0.1, 0.15) is 5.75 Å². The first-order valence-corrected chi connectivity index (χ1v) is 6.60. The van der Waals surface area contributed by atoms with Crippen molar-refractivity contribution < 1.29 is 61.8 Å². The molecule has 0 aliphatic rings. The summed E-state index contributed by atoms with van der Waals surface area (Å²) in [5, 5.41) is 0. The minimum atomic E-state index is -7.96. The zero-order valence-electron chi connectivity index (χ0n) is 13.1. The third kappa shape index (κ3) is 3.07. The van der Waals surface area contributed by atoms with Crippen molar-refractivity contribution in [3.63, 3.8) is 0 Å². The van der Waals surface area contributed by atoms with Crippen LogP contribution in [0.25, 0.3) is 0 Å². The summed E-state index contributed by atoms with van der Waals surface area (Å²) < 4.78 is 175. The number of nitrogen functional groups attached to an aromatic ring is 1. The van der Waals surface area contributed by atoms with E-state index in [1.807, 2.05) is 0 Å². The molecule has 0 aliphatic heterocycles. The second kappa shape index (κ2) is 6.47. The summed E-state index contributed by atoms with van der Waals surface area (Å²) in [6.45, 7) is 0. The van der Waals surface area contributed by atoms with Gasteiger partial charge in [0.15, 0.2) is 0 Å². The van der Waals surface area contributed by atoms with E-state index in [0.29, 0.717) is 6.07 Å². The highest BCUT2D eigenvalue weighted by Gasteiger charge is 2.91. The number of methoxy groups -OCH3 is 1. The van der Waals surface area contributed by atoms with E-state index in [-0.39, 0.29) is 6.07 Å². The molecular weight excluding hydrogens is 433 g/mol. The van der Waals surface area contributed by atoms with E-state index in [2.05, 4.69) is 4.74 Å². The molecule has 0 bridgehead atoms. The SMILES string of the molecule is COc1ccc(N)c(C(F)(F)C(F)(F)C(F)(F)C(F)(F)C(F)(F)C(F)(F)F)c1. The molecule has 1 rings (SSSR count). The molecule has 0 radical (unpaired) electrons. The van der Waals surface area contributed by atoms with E-state index in [1.54, 1.807) is 0 Å². The predicted molar refractivity (Wildman–Crippen MR) is 67.1 cm³/mol. The maximum atomic E-state index is 14.0. The minimum absolute atomic E-state index is 0.0978. The van der Waals surface area contributed by atoms with Gasteiger partial charge in [-0.3, -0.25) is 0 Å². The average Bonchev–Trinajstić information content (AvgIpc) is 2.53. The standard InChI is InChI=1S/C13H8F13NO/c1-28-5-2-3-7(27)6(4-5)8(14,15)9(16,17)10(18,19)11(20,21)12(22,23)13(24,25)26/h2-4H,27H2,1H3. The molecule has 0 spiro atoms. The molecule has 0 saturated heterocycles. The molecule has 0 heterocycles. The predicted octanol–water partition coefficient (Wildman–Crippen LogP) is 5.47. The fraction of sp³-hybridized carbons (Fsp3) is 0.538. The maximum absolute atomic E-state index is 14.0. The lowest BCUT2D eigenvalue weighted by Gasteiger charge is -2.40. The first kappa shape index (κ1) is 23.9. The van der Waals surface area contributed by atoms with Crippen LogP contribution in [0, 0.1) is 0 Å². The fourth-order valence-corrected chi connectivity index (χ4v) is 1.87. The zero-order valence-corrected chi connectivity index (χ0v) is 13.1. The van der Waals surface area contributed by atoms with Crippen LogP contribution >= 0.6 is 0 Å². The third-order valence-corrected chi connectivity index (χ3v) is 3.53. The molecule has 28 heavy (non-hydrogen) atoms. The highest BCUT2D eigenvalue weighted by Crippen LogP contribution is 2.62. The number of anilines is 1. The van der Waals surface area contributed by atoms with Crippen molar-refractivity contribution in [2.75, 3.05) is 12.8 Å². The van der Waals surface area contributed by atoms with E-state index in [4.69, 9.17) is 5.73 Å². The van der Waals surface area contributed by atoms with Crippen molar-refractivity contribution in [2.45, 2.75) is 35.8 Å². The Morgan fingerprint density at radius 2 is 1.11 bits per heavy atom. The normalized spacial score (nSPS) is 14.9. The number of hydrogen-bond donors (Lipinski definition) is 1. The highest BCUT2D eigenvalue weighted by molar-refractivity contribution is 5.53. The topological polar surface area (TPSA) is 35.2 Å². The molecule has 15 heteroatoms. The van der Waals surface area contributed by atoms with Gasteiger partial charge < -0.3 is 10.5 Å². The van der Waals surface area contributed by atoms with E-state index in [9.17, 15) is 57.1 Å². The van der Waals surface area contributed by atoms with Gasteiger partial charge in [0, 0.05) is 5.69 Å². The molecular formula is C13H8F13NO. The van der Waals surface area contributed by atoms with E-state index < -0.39 is 52.8 Å². The minimum Gasteiger partial charge on any atom is -0.497 e. The lowest BCUT2D eigenvalue weighted by Crippen LogP contribution is -2.69. The first-order chi connectivity index (χ1) is 12.2. The van der Waals surface area contributed by atoms with Crippen LogP contribution in [-0.2, 0) is 5.92 Å². The first-order valence-electron chi connectivity index (χ1n) is 6.60. The molecule has 0 amide bonds. The number of alkyl halides is 13. The number of halogens is 13. The van der Waals surface area contributed by atoms with Gasteiger partial charge in [0.05, 0.1) is 12.7 Å². The van der Waals surface area contributed by atoms with Crippen LogP contribution in [0.15, 0.2) is 18.2 Å². The Hall–Kier alpha value is -2.09. The molecule has 0 atom stereocenters. The van der Waals surface area contributed by atoms with Crippen molar-refractivity contribution >= 4 is 5.69 Å². The average molecular weight is 441 g/mol. The molecule has 0 aromatic heterocycles. The number of nitrogens with two attached hydrogens (primary N) is 1. The van der Waals surface area contributed by atoms with Gasteiger partial charge in [-0.05, 0) is 18.2 Å². The van der Waals surface area contributed by atoms with Gasteiger partial charge in [-0.15, -0.1) is 0 Å². The third-order valence-electron chi connectivity index (χ3n) is 3.53. The molecule has 1 aromatic carbocycles. The van der Waals surface area contributed by atoms with E-state index in [0.717, 1.165) is 13.2 Å². The van der Waals surface area contributed by atoms with Crippen LogP contribution in [0.1, 0.15) is 5.56 Å². The molecule has 1 aromatic rings. The number of ether oxygens (including phenoxy) is 1. The van der Waals surface area contributed by atoms with Gasteiger partial charge in [0.2, 0.25) is 0 Å². The number of benzene rings is 1. The van der Waals surface area contributed by atoms with Gasteiger partial charge in [-0.25, -0.2) is 0 Å². The molecule has 0 saturated carbocycles. The molecule has 2 N–H and O–H groups in total. The Bertz CT molecular complexity index is 726. The van der Waals surface area contributed by atoms with Crippen LogP contribution in [0.5, 0.6) is 5.75 Å². The van der Waals surface area contributed by atoms with Crippen LogP contribution < -0.4 is 10.5 Å². The monoisotopic (exact) mass is 441 g/mol. The van der Waals surface area contributed by atoms with Crippen LogP contribution in [-0.4, -0.2) is 37.0 Å². The smallest absolute Gasteiger partial charge is 0.460 e. The van der Waals surface area contributed by atoms with Gasteiger partial charge in [-0.1, -0.05) is 0 Å². The largest absolute Gasteiger partial charge is 0.497 e. The maximum Gasteiger partial charge on any atom is 0.460 e. The van der Waals surface area contributed by atoms with Crippen molar-refractivity contribution in [1.82, 2.24) is 0 Å². The van der Waals surface area contributed by atoms with Crippen LogP contribution in [0.3, 0.4) is 0 Å². The van der Waals surface area contributed by atoms with Crippen molar-refractivity contribution in [3.05, 3.63) is 23.8 Å². The van der Waals surface area contributed by atoms with Gasteiger partial charge in [0.25, 0.3) is 0 Å². The Kier molecular flexibility index (Phi) is 5.54.